The monoisotopic (exact) mass is 701 g/mol. The number of aromatic nitrogens is 2. The van der Waals surface area contributed by atoms with Crippen LogP contribution in [0.25, 0.3) is 0 Å². The number of Topliss-reactive ketones (excluding diaryl/α,β-unsaturated/α-hetero) is 1. The SMILES string of the molecule is CCC(CC)(c1ccc(Oc2cnc(C(C)=O)nc2)cc1)c1ccc(O[C@H]2C[C@H](Nc3ccc4c(c3)C(=O)N(C3CCC(=O)NC3=O)C4=O)C2)cc1. The summed E-state index contributed by atoms with van der Waals surface area (Å²) < 4.78 is 12.2. The Hall–Kier alpha value is -5.91. The minimum absolute atomic E-state index is 0.0303. The standard InChI is InChI=1S/C40H39N5O7/c1-4-40(5-2,25-8-13-29(14-9-25)52-31-21-41-36(23(3)46)42-22-31)24-6-11-28(12-7-24)51-30-18-27(19-30)43-26-10-15-32-33(20-26)39(50)45(38(32)49)34-16-17-35(47)44-37(34)48/h6-15,20-22,27,30,34,43H,4-5,16-19H2,1-3H3,(H,44,47,48)/t27-,30-,34?. The van der Waals surface area contributed by atoms with Crippen LogP contribution in [0.5, 0.6) is 17.2 Å². The summed E-state index contributed by atoms with van der Waals surface area (Å²) in [5.74, 6) is -0.225. The van der Waals surface area contributed by atoms with E-state index >= 15 is 0 Å². The Labute approximate surface area is 300 Å². The summed E-state index contributed by atoms with van der Waals surface area (Å²) in [5, 5.41) is 5.66. The normalized spacial score (nSPS) is 19.8. The summed E-state index contributed by atoms with van der Waals surface area (Å²) >= 11 is 0. The van der Waals surface area contributed by atoms with E-state index in [0.717, 1.165) is 36.3 Å². The number of imide groups is 2. The van der Waals surface area contributed by atoms with Gasteiger partial charge in [-0.2, -0.15) is 0 Å². The number of benzene rings is 3. The highest BCUT2D eigenvalue weighted by molar-refractivity contribution is 6.23. The fraction of sp³-hybridized carbons (Fsp3) is 0.325. The Morgan fingerprint density at radius 1 is 0.846 bits per heavy atom. The third kappa shape index (κ3) is 6.52. The van der Waals surface area contributed by atoms with Crippen molar-refractivity contribution in [2.45, 2.75) is 82.9 Å². The summed E-state index contributed by atoms with van der Waals surface area (Å²) in [6.07, 6.45) is 6.55. The topological polar surface area (TPSA) is 157 Å². The van der Waals surface area contributed by atoms with E-state index in [0.29, 0.717) is 17.2 Å². The maximum Gasteiger partial charge on any atom is 0.262 e. The van der Waals surface area contributed by atoms with Crippen LogP contribution in [0, 0.1) is 0 Å². The lowest BCUT2D eigenvalue weighted by molar-refractivity contribution is -0.136. The summed E-state index contributed by atoms with van der Waals surface area (Å²) in [7, 11) is 0. The maximum atomic E-state index is 13.2. The zero-order chi connectivity index (χ0) is 36.6. The second-order valence-corrected chi connectivity index (χ2v) is 13.5. The molecule has 4 amide bonds. The quantitative estimate of drug-likeness (QED) is 0.133. The first-order chi connectivity index (χ1) is 25.1. The molecule has 0 radical (unpaired) electrons. The van der Waals surface area contributed by atoms with Crippen LogP contribution in [0.3, 0.4) is 0 Å². The van der Waals surface area contributed by atoms with Crippen LogP contribution in [-0.2, 0) is 15.0 Å². The van der Waals surface area contributed by atoms with Gasteiger partial charge in [-0.05, 0) is 72.9 Å². The molecule has 1 saturated heterocycles. The largest absolute Gasteiger partial charge is 0.490 e. The number of hydrogen-bond donors (Lipinski definition) is 2. The summed E-state index contributed by atoms with van der Waals surface area (Å²) in [6.45, 7) is 5.80. The van der Waals surface area contributed by atoms with E-state index in [1.54, 1.807) is 18.2 Å². The Morgan fingerprint density at radius 2 is 1.46 bits per heavy atom. The molecule has 2 fully saturated rings. The van der Waals surface area contributed by atoms with E-state index in [4.69, 9.17) is 9.47 Å². The lowest BCUT2D eigenvalue weighted by atomic mass is 9.70. The van der Waals surface area contributed by atoms with E-state index < -0.39 is 29.7 Å². The predicted molar refractivity (Wildman–Crippen MR) is 191 cm³/mol. The number of carbonyl (C=O) groups is 5. The molecule has 3 aliphatic rings. The summed E-state index contributed by atoms with van der Waals surface area (Å²) in [4.78, 5) is 70.7. The maximum absolute atomic E-state index is 13.2. The van der Waals surface area contributed by atoms with Crippen LogP contribution in [0.15, 0.2) is 79.1 Å². The van der Waals surface area contributed by atoms with Crippen molar-refractivity contribution in [2.24, 2.45) is 0 Å². The average Bonchev–Trinajstić information content (AvgIpc) is 3.37. The number of hydrogen-bond acceptors (Lipinski definition) is 10. The van der Waals surface area contributed by atoms with Crippen LogP contribution in [-0.4, -0.2) is 62.5 Å². The van der Waals surface area contributed by atoms with Gasteiger partial charge in [0.1, 0.15) is 23.6 Å². The number of rotatable bonds is 12. The Balaban J connectivity index is 0.941. The van der Waals surface area contributed by atoms with Gasteiger partial charge in [0.25, 0.3) is 11.8 Å². The van der Waals surface area contributed by atoms with Crippen LogP contribution in [0.2, 0.25) is 0 Å². The smallest absolute Gasteiger partial charge is 0.262 e. The number of amides is 4. The highest BCUT2D eigenvalue weighted by Crippen LogP contribution is 2.41. The minimum Gasteiger partial charge on any atom is -0.490 e. The van der Waals surface area contributed by atoms with Crippen molar-refractivity contribution < 1.29 is 33.4 Å². The number of anilines is 1. The number of carbonyl (C=O) groups excluding carboxylic acids is 5. The molecule has 3 aromatic carbocycles. The summed E-state index contributed by atoms with van der Waals surface area (Å²) in [5.41, 5.74) is 3.39. The van der Waals surface area contributed by atoms with E-state index in [1.165, 1.54) is 30.4 Å². The number of nitrogens with zero attached hydrogens (tertiary/aromatic N) is 3. The molecule has 12 heteroatoms. The Kier molecular flexibility index (Phi) is 9.31. The van der Waals surface area contributed by atoms with Crippen molar-refractivity contribution in [3.05, 3.63) is 107 Å². The van der Waals surface area contributed by atoms with E-state index in [-0.39, 0.29) is 53.1 Å². The van der Waals surface area contributed by atoms with Crippen molar-refractivity contribution in [3.8, 4) is 17.2 Å². The van der Waals surface area contributed by atoms with Gasteiger partial charge in [0.05, 0.1) is 23.5 Å². The van der Waals surface area contributed by atoms with Crippen LogP contribution in [0.1, 0.15) is 102 Å². The third-order valence-electron chi connectivity index (χ3n) is 10.4. The molecule has 12 nitrogen and oxygen atoms in total. The summed E-state index contributed by atoms with van der Waals surface area (Å²) in [6, 6.07) is 20.5. The molecule has 1 unspecified atom stereocenters. The first kappa shape index (κ1) is 34.5. The first-order valence-corrected chi connectivity index (χ1v) is 17.6. The van der Waals surface area contributed by atoms with Crippen molar-refractivity contribution in [3.63, 3.8) is 0 Å². The predicted octanol–water partition coefficient (Wildman–Crippen LogP) is 6.00. The number of ether oxygens (including phenoxy) is 2. The zero-order valence-electron chi connectivity index (χ0n) is 29.2. The molecular weight excluding hydrogens is 662 g/mol. The van der Waals surface area contributed by atoms with Crippen LogP contribution in [0.4, 0.5) is 5.69 Å². The van der Waals surface area contributed by atoms with Crippen molar-refractivity contribution in [1.29, 1.82) is 0 Å². The molecule has 1 aliphatic carbocycles. The van der Waals surface area contributed by atoms with Gasteiger partial charge in [0.2, 0.25) is 11.8 Å². The van der Waals surface area contributed by atoms with Crippen molar-refractivity contribution in [1.82, 2.24) is 20.2 Å². The lowest BCUT2D eigenvalue weighted by Crippen LogP contribution is -2.54. The molecule has 1 atom stereocenters. The number of fused-ring (bicyclic) bond motifs is 1. The average molecular weight is 702 g/mol. The highest BCUT2D eigenvalue weighted by atomic mass is 16.5. The van der Waals surface area contributed by atoms with Crippen LogP contribution < -0.4 is 20.1 Å². The second-order valence-electron chi connectivity index (χ2n) is 13.5. The molecular formula is C40H39N5O7. The van der Waals surface area contributed by atoms with Gasteiger partial charge in [0.15, 0.2) is 17.4 Å². The lowest BCUT2D eigenvalue weighted by Gasteiger charge is -2.37. The molecule has 1 aromatic heterocycles. The Morgan fingerprint density at radius 3 is 2.06 bits per heavy atom. The third-order valence-corrected chi connectivity index (χ3v) is 10.4. The molecule has 266 valence electrons. The molecule has 2 N–H and O–H groups in total. The van der Waals surface area contributed by atoms with Gasteiger partial charge >= 0.3 is 0 Å². The Bertz CT molecular complexity index is 2040. The highest BCUT2D eigenvalue weighted by Gasteiger charge is 2.45. The number of nitrogens with one attached hydrogen (secondary N) is 2. The fourth-order valence-electron chi connectivity index (χ4n) is 7.38. The number of ketones is 1. The van der Waals surface area contributed by atoms with E-state index in [2.05, 4.69) is 58.7 Å². The molecule has 3 heterocycles. The van der Waals surface area contributed by atoms with E-state index in [1.807, 2.05) is 24.3 Å². The van der Waals surface area contributed by atoms with Gasteiger partial charge in [-0.1, -0.05) is 38.1 Å². The minimum atomic E-state index is -0.991. The first-order valence-electron chi connectivity index (χ1n) is 17.6. The van der Waals surface area contributed by atoms with Crippen LogP contribution >= 0.6 is 0 Å². The van der Waals surface area contributed by atoms with Gasteiger partial charge < -0.3 is 14.8 Å². The molecule has 2 aliphatic heterocycles. The molecule has 0 spiro atoms. The molecule has 7 rings (SSSR count). The van der Waals surface area contributed by atoms with Gasteiger partial charge in [-0.3, -0.25) is 34.2 Å². The van der Waals surface area contributed by atoms with E-state index in [9.17, 15) is 24.0 Å². The van der Waals surface area contributed by atoms with Gasteiger partial charge in [-0.15, -0.1) is 0 Å². The second kappa shape index (κ2) is 14.0. The number of piperidine rings is 1. The zero-order valence-corrected chi connectivity index (χ0v) is 29.2. The molecule has 4 aromatic rings. The van der Waals surface area contributed by atoms with Gasteiger partial charge in [0, 0.05) is 43.3 Å². The molecule has 1 saturated carbocycles. The molecule has 52 heavy (non-hydrogen) atoms. The van der Waals surface area contributed by atoms with Crippen molar-refractivity contribution in [2.75, 3.05) is 5.32 Å². The van der Waals surface area contributed by atoms with Crippen molar-refractivity contribution >= 4 is 35.1 Å². The van der Waals surface area contributed by atoms with Gasteiger partial charge in [-0.25, -0.2) is 9.97 Å². The fourth-order valence-corrected chi connectivity index (χ4v) is 7.38. The molecule has 0 bridgehead atoms.